The van der Waals surface area contributed by atoms with Crippen LogP contribution in [0.2, 0.25) is 0 Å². The third-order valence-electron chi connectivity index (χ3n) is 3.44. The average Bonchev–Trinajstić information content (AvgIpc) is 2.53. The van der Waals surface area contributed by atoms with Crippen molar-refractivity contribution in [3.8, 4) is 0 Å². The number of halogens is 8. The molecule has 100 valence electrons. The highest BCUT2D eigenvalue weighted by Crippen LogP contribution is 2.59. The van der Waals surface area contributed by atoms with Gasteiger partial charge in [0.2, 0.25) is 5.54 Å². The summed E-state index contributed by atoms with van der Waals surface area (Å²) in [5, 5.41) is 0.476. The van der Waals surface area contributed by atoms with Crippen LogP contribution in [-0.2, 0) is 0 Å². The zero-order chi connectivity index (χ0) is 13.2. The van der Waals surface area contributed by atoms with Gasteiger partial charge in [0.15, 0.2) is 0 Å². The van der Waals surface area contributed by atoms with Crippen molar-refractivity contribution in [2.75, 3.05) is 0 Å². The molecule has 1 aliphatic heterocycles. The van der Waals surface area contributed by atoms with Crippen molar-refractivity contribution in [3.63, 3.8) is 0 Å². The van der Waals surface area contributed by atoms with Crippen molar-refractivity contribution in [1.82, 2.24) is 5.32 Å². The predicted molar refractivity (Wildman–Crippen MR) is 52.2 cm³/mol. The Morgan fingerprint density at radius 2 is 1.59 bits per heavy atom. The van der Waals surface area contributed by atoms with Gasteiger partial charge in [0.05, 0.1) is 5.38 Å². The largest absolute Gasteiger partial charge is 0.415 e. The summed E-state index contributed by atoms with van der Waals surface area (Å²) in [4.78, 5) is -0.465. The van der Waals surface area contributed by atoms with E-state index in [-0.39, 0.29) is 6.42 Å². The van der Waals surface area contributed by atoms with E-state index in [1.807, 2.05) is 0 Å². The van der Waals surface area contributed by atoms with Crippen LogP contribution in [0.3, 0.4) is 0 Å². The maximum Gasteiger partial charge on any atom is 0.415 e. The number of hydrogen-bond donors (Lipinski definition) is 1. The minimum absolute atomic E-state index is 0.245. The van der Waals surface area contributed by atoms with Crippen LogP contribution < -0.4 is 5.32 Å². The van der Waals surface area contributed by atoms with Gasteiger partial charge in [-0.3, -0.25) is 5.32 Å². The van der Waals surface area contributed by atoms with Crippen LogP contribution in [0.1, 0.15) is 6.42 Å². The molecule has 1 saturated carbocycles. The summed E-state index contributed by atoms with van der Waals surface area (Å²) in [6, 6.07) is -1.02. The monoisotopic (exact) mass is 345 g/mol. The smallest absolute Gasteiger partial charge is 0.290 e. The van der Waals surface area contributed by atoms with Crippen LogP contribution in [0.4, 0.5) is 26.3 Å². The first-order valence-corrected chi connectivity index (χ1v) is 6.07. The highest BCUT2D eigenvalue weighted by Gasteiger charge is 2.81. The molecule has 17 heavy (non-hydrogen) atoms. The van der Waals surface area contributed by atoms with Gasteiger partial charge in [0.1, 0.15) is 0 Å². The molecule has 4 atom stereocenters. The minimum atomic E-state index is -5.41. The van der Waals surface area contributed by atoms with E-state index in [4.69, 9.17) is 11.6 Å². The van der Waals surface area contributed by atoms with Crippen molar-refractivity contribution in [2.45, 2.75) is 40.6 Å². The molecule has 2 aliphatic rings. The summed E-state index contributed by atoms with van der Waals surface area (Å²) in [5.41, 5.74) is -3.87. The van der Waals surface area contributed by atoms with E-state index in [9.17, 15) is 26.3 Å². The Morgan fingerprint density at radius 1 is 1.12 bits per heavy atom. The highest BCUT2D eigenvalue weighted by atomic mass is 79.9. The first-order valence-electron chi connectivity index (χ1n) is 4.71. The molecule has 2 rings (SSSR count). The number of rotatable bonds is 0. The summed E-state index contributed by atoms with van der Waals surface area (Å²) in [6.07, 6.45) is -11.1. The number of alkyl halides is 8. The van der Waals surface area contributed by atoms with Crippen LogP contribution in [0.25, 0.3) is 0 Å². The standard InChI is InChI=1S/C8H7BrClF6N/c9-3-1-2-4(10)5(3)17-6(2,7(11,12)13)8(14,15)16/h2-5,17H,1H2/t2-,3+,4+,5+/m0/s1. The molecule has 1 heterocycles. The molecule has 0 radical (unpaired) electrons. The zero-order valence-electron chi connectivity index (χ0n) is 8.04. The van der Waals surface area contributed by atoms with Crippen molar-refractivity contribution < 1.29 is 26.3 Å². The molecule has 0 amide bonds. The molecule has 1 N–H and O–H groups in total. The second-order valence-corrected chi connectivity index (χ2v) is 5.96. The van der Waals surface area contributed by atoms with E-state index >= 15 is 0 Å². The molecule has 1 nitrogen and oxygen atoms in total. The molecule has 0 unspecified atom stereocenters. The Morgan fingerprint density at radius 3 is 1.82 bits per heavy atom. The summed E-state index contributed by atoms with van der Waals surface area (Å²) >= 11 is 8.71. The fraction of sp³-hybridized carbons (Fsp3) is 1.00. The van der Waals surface area contributed by atoms with E-state index in [1.54, 1.807) is 5.32 Å². The van der Waals surface area contributed by atoms with Crippen LogP contribution in [0.5, 0.6) is 0 Å². The van der Waals surface area contributed by atoms with E-state index in [0.717, 1.165) is 0 Å². The second kappa shape index (κ2) is 3.66. The molecule has 9 heteroatoms. The molecule has 0 aromatic rings. The van der Waals surface area contributed by atoms with Crippen LogP contribution in [-0.4, -0.2) is 34.1 Å². The van der Waals surface area contributed by atoms with Crippen molar-refractivity contribution in [1.29, 1.82) is 0 Å². The quantitative estimate of drug-likeness (QED) is 0.525. The SMILES string of the molecule is FC(F)(F)C1(C(F)(F)F)N[C@H]2[C@H](Cl)[C@@H]1C[C@H]2Br. The summed E-state index contributed by atoms with van der Waals surface area (Å²) < 4.78 is 76.9. The van der Waals surface area contributed by atoms with Gasteiger partial charge in [0, 0.05) is 16.8 Å². The lowest BCUT2D eigenvalue weighted by molar-refractivity contribution is -0.318. The molecule has 1 saturated heterocycles. The van der Waals surface area contributed by atoms with Gasteiger partial charge in [0.25, 0.3) is 0 Å². The predicted octanol–water partition coefficient (Wildman–Crippen LogP) is 3.21. The Bertz CT molecular complexity index is 315. The van der Waals surface area contributed by atoms with Crippen LogP contribution >= 0.6 is 27.5 Å². The van der Waals surface area contributed by atoms with Gasteiger partial charge in [-0.1, -0.05) is 15.9 Å². The zero-order valence-corrected chi connectivity index (χ0v) is 10.4. The molecular formula is C8H7BrClF6N. The van der Waals surface area contributed by atoms with E-state index in [1.165, 1.54) is 0 Å². The van der Waals surface area contributed by atoms with Crippen molar-refractivity contribution in [3.05, 3.63) is 0 Å². The Labute approximate surface area is 106 Å². The molecule has 2 bridgehead atoms. The lowest BCUT2D eigenvalue weighted by Crippen LogP contribution is -2.70. The van der Waals surface area contributed by atoms with Gasteiger partial charge in [-0.25, -0.2) is 0 Å². The Balaban J connectivity index is 2.48. The van der Waals surface area contributed by atoms with Gasteiger partial charge < -0.3 is 0 Å². The number of piperidine rings is 1. The fourth-order valence-corrected chi connectivity index (χ4v) is 4.24. The minimum Gasteiger partial charge on any atom is -0.290 e. The van der Waals surface area contributed by atoms with Gasteiger partial charge in [-0.2, -0.15) is 26.3 Å². The average molecular weight is 346 g/mol. The van der Waals surface area contributed by atoms with E-state index in [0.29, 0.717) is 0 Å². The first kappa shape index (κ1) is 13.7. The molecule has 0 spiro atoms. The van der Waals surface area contributed by atoms with E-state index in [2.05, 4.69) is 15.9 Å². The van der Waals surface area contributed by atoms with Gasteiger partial charge in [-0.05, 0) is 6.42 Å². The van der Waals surface area contributed by atoms with Crippen LogP contribution in [0, 0.1) is 5.92 Å². The van der Waals surface area contributed by atoms with E-state index < -0.39 is 40.1 Å². The highest BCUT2D eigenvalue weighted by molar-refractivity contribution is 9.09. The molecule has 1 aliphatic carbocycles. The topological polar surface area (TPSA) is 12.0 Å². The molecule has 0 aromatic heterocycles. The van der Waals surface area contributed by atoms with Gasteiger partial charge in [-0.15, -0.1) is 11.6 Å². The number of hydrogen-bond acceptors (Lipinski definition) is 1. The van der Waals surface area contributed by atoms with Crippen molar-refractivity contribution in [2.24, 2.45) is 5.92 Å². The molecule has 2 fully saturated rings. The molecular weight excluding hydrogens is 339 g/mol. The summed E-state index contributed by atoms with van der Waals surface area (Å²) in [6.45, 7) is 0. The second-order valence-electron chi connectivity index (χ2n) is 4.28. The third kappa shape index (κ3) is 1.63. The number of nitrogens with one attached hydrogen (secondary N) is 1. The molecule has 0 aromatic carbocycles. The fourth-order valence-electron chi connectivity index (χ4n) is 2.67. The first-order chi connectivity index (χ1) is 7.52. The van der Waals surface area contributed by atoms with Gasteiger partial charge >= 0.3 is 12.4 Å². The lowest BCUT2D eigenvalue weighted by Gasteiger charge is -2.41. The van der Waals surface area contributed by atoms with Crippen molar-refractivity contribution >= 4 is 27.5 Å². The third-order valence-corrected chi connectivity index (χ3v) is 4.96. The van der Waals surface area contributed by atoms with Crippen LogP contribution in [0.15, 0.2) is 0 Å². The summed E-state index contributed by atoms with van der Waals surface area (Å²) in [5.74, 6) is -1.70. The number of fused-ring (bicyclic) bond motifs is 2. The Hall–Kier alpha value is 0.310. The maximum atomic E-state index is 12.8. The summed E-state index contributed by atoms with van der Waals surface area (Å²) in [7, 11) is 0. The normalized spacial score (nSPS) is 40.9. The lowest BCUT2D eigenvalue weighted by atomic mass is 9.82. The maximum absolute atomic E-state index is 12.8. The Kier molecular flexibility index (Phi) is 2.96.